The Morgan fingerprint density at radius 3 is 2.73 bits per heavy atom. The molecule has 1 saturated heterocycles. The molecule has 0 saturated carbocycles. The summed E-state index contributed by atoms with van der Waals surface area (Å²) in [6, 6.07) is 9.12. The predicted molar refractivity (Wildman–Crippen MR) is 118 cm³/mol. The minimum atomic E-state index is -0.175. The van der Waals surface area contributed by atoms with Gasteiger partial charge in [0.2, 0.25) is 0 Å². The van der Waals surface area contributed by atoms with Crippen LogP contribution in [-0.4, -0.2) is 43.4 Å². The van der Waals surface area contributed by atoms with E-state index in [1.54, 1.807) is 19.3 Å². The molecule has 30 heavy (non-hydrogen) atoms. The van der Waals surface area contributed by atoms with Crippen molar-refractivity contribution in [2.24, 2.45) is 7.05 Å². The first-order valence-corrected chi connectivity index (χ1v) is 10.4. The zero-order valence-corrected chi connectivity index (χ0v) is 18.1. The number of hydrogen-bond donors (Lipinski definition) is 1. The molecule has 0 aromatic carbocycles. The molecular formula is C23H29N5O2. The number of anilines is 1. The Hall–Kier alpha value is -3.09. The first kappa shape index (κ1) is 20.2. The third-order valence-electron chi connectivity index (χ3n) is 5.50. The molecule has 4 rings (SSSR count). The number of nitrogens with zero attached hydrogens (tertiary/aromatic N) is 4. The van der Waals surface area contributed by atoms with Crippen LogP contribution in [0.2, 0.25) is 0 Å². The molecule has 0 unspecified atom stereocenters. The van der Waals surface area contributed by atoms with E-state index in [1.165, 1.54) is 10.6 Å². The summed E-state index contributed by atoms with van der Waals surface area (Å²) in [5.41, 5.74) is 2.05. The minimum absolute atomic E-state index is 0.0912. The molecule has 1 fully saturated rings. The summed E-state index contributed by atoms with van der Waals surface area (Å²) in [6.45, 7) is 7.68. The highest BCUT2D eigenvalue weighted by Gasteiger charge is 2.30. The van der Waals surface area contributed by atoms with Gasteiger partial charge >= 0.3 is 0 Å². The molecule has 1 amide bonds. The molecular weight excluding hydrogens is 378 g/mol. The van der Waals surface area contributed by atoms with Gasteiger partial charge in [0.05, 0.1) is 5.69 Å². The molecule has 1 atom stereocenters. The Kier molecular flexibility index (Phi) is 5.13. The molecule has 7 heteroatoms. The van der Waals surface area contributed by atoms with Crippen molar-refractivity contribution in [1.29, 1.82) is 0 Å². The summed E-state index contributed by atoms with van der Waals surface area (Å²) in [4.78, 5) is 31.8. The van der Waals surface area contributed by atoms with Crippen LogP contribution in [0, 0.1) is 0 Å². The summed E-state index contributed by atoms with van der Waals surface area (Å²) < 4.78 is 3.55. The molecule has 0 spiro atoms. The molecule has 3 aromatic heterocycles. The van der Waals surface area contributed by atoms with Crippen LogP contribution in [-0.2, 0) is 7.05 Å². The van der Waals surface area contributed by atoms with Crippen LogP contribution in [0.1, 0.15) is 55.6 Å². The van der Waals surface area contributed by atoms with E-state index in [4.69, 9.17) is 4.98 Å². The summed E-state index contributed by atoms with van der Waals surface area (Å²) >= 11 is 0. The SMILES string of the molecule is Cn1ccc(C(=O)N2CCC[C@H](c3nc4ccccn4c3NC(C)(C)C)C2)cc1=O. The Balaban J connectivity index is 1.65. The molecule has 0 radical (unpaired) electrons. The molecule has 1 N–H and O–H groups in total. The molecule has 7 nitrogen and oxygen atoms in total. The van der Waals surface area contributed by atoms with Crippen LogP contribution in [0.3, 0.4) is 0 Å². The largest absolute Gasteiger partial charge is 0.365 e. The van der Waals surface area contributed by atoms with Crippen LogP contribution >= 0.6 is 0 Å². The number of fused-ring (bicyclic) bond motifs is 1. The lowest BCUT2D eigenvalue weighted by Gasteiger charge is -2.33. The van der Waals surface area contributed by atoms with Crippen molar-refractivity contribution < 1.29 is 4.79 Å². The molecule has 3 aromatic rings. The van der Waals surface area contributed by atoms with Crippen LogP contribution in [0.25, 0.3) is 5.65 Å². The fourth-order valence-electron chi connectivity index (χ4n) is 4.03. The molecule has 1 aliphatic rings. The number of aromatic nitrogens is 3. The van der Waals surface area contributed by atoms with Crippen LogP contribution in [0.15, 0.2) is 47.5 Å². The maximum absolute atomic E-state index is 13.1. The first-order chi connectivity index (χ1) is 14.2. The van der Waals surface area contributed by atoms with Gasteiger partial charge in [-0.15, -0.1) is 0 Å². The molecule has 4 heterocycles. The Bertz CT molecular complexity index is 1140. The van der Waals surface area contributed by atoms with Gasteiger partial charge in [-0.25, -0.2) is 4.98 Å². The van der Waals surface area contributed by atoms with E-state index in [0.29, 0.717) is 18.7 Å². The van der Waals surface area contributed by atoms with Crippen LogP contribution in [0.4, 0.5) is 5.82 Å². The third kappa shape index (κ3) is 3.97. The van der Waals surface area contributed by atoms with E-state index in [-0.39, 0.29) is 22.9 Å². The summed E-state index contributed by atoms with van der Waals surface area (Å²) in [5, 5.41) is 3.61. The number of likely N-dealkylation sites (tertiary alicyclic amines) is 1. The number of nitrogens with one attached hydrogen (secondary N) is 1. The van der Waals surface area contributed by atoms with E-state index < -0.39 is 0 Å². The van der Waals surface area contributed by atoms with E-state index >= 15 is 0 Å². The predicted octanol–water partition coefficient (Wildman–Crippen LogP) is 3.26. The lowest BCUT2D eigenvalue weighted by molar-refractivity contribution is 0.0706. The second-order valence-corrected chi connectivity index (χ2v) is 9.10. The fourth-order valence-corrected chi connectivity index (χ4v) is 4.03. The number of aryl methyl sites for hydroxylation is 1. The average molecular weight is 408 g/mol. The van der Waals surface area contributed by atoms with Crippen molar-refractivity contribution >= 4 is 17.4 Å². The number of amides is 1. The lowest BCUT2D eigenvalue weighted by atomic mass is 9.93. The number of pyridine rings is 2. The zero-order valence-electron chi connectivity index (χ0n) is 18.1. The van der Waals surface area contributed by atoms with Gasteiger partial charge in [-0.1, -0.05) is 6.07 Å². The average Bonchev–Trinajstić information content (AvgIpc) is 3.06. The van der Waals surface area contributed by atoms with Gasteiger partial charge in [0, 0.05) is 55.6 Å². The fraction of sp³-hybridized carbons (Fsp3) is 0.435. The van der Waals surface area contributed by atoms with Crippen molar-refractivity contribution in [3.05, 3.63) is 64.3 Å². The van der Waals surface area contributed by atoms with Gasteiger partial charge in [0.25, 0.3) is 11.5 Å². The number of carbonyl (C=O) groups excluding carboxylic acids is 1. The highest BCUT2D eigenvalue weighted by atomic mass is 16.2. The summed E-state index contributed by atoms with van der Waals surface area (Å²) in [5.74, 6) is 1.04. The number of carbonyl (C=O) groups is 1. The topological polar surface area (TPSA) is 71.6 Å². The Labute approximate surface area is 176 Å². The van der Waals surface area contributed by atoms with Crippen molar-refractivity contribution in [2.45, 2.75) is 45.1 Å². The van der Waals surface area contributed by atoms with E-state index in [1.807, 2.05) is 29.3 Å². The molecule has 0 bridgehead atoms. The standard InChI is InChI=1S/C23H29N5O2/c1-23(2,3)25-21-20(24-18-9-5-6-12-28(18)21)17-8-7-11-27(15-17)22(30)16-10-13-26(4)19(29)14-16/h5-6,9-10,12-14,17,25H,7-8,11,15H2,1-4H3/t17-/m0/s1. The quantitative estimate of drug-likeness (QED) is 0.723. The summed E-state index contributed by atoms with van der Waals surface area (Å²) in [7, 11) is 1.68. The van der Waals surface area contributed by atoms with Crippen molar-refractivity contribution in [3.8, 4) is 0 Å². The van der Waals surface area contributed by atoms with Gasteiger partial charge in [-0.2, -0.15) is 0 Å². The van der Waals surface area contributed by atoms with E-state index in [0.717, 1.165) is 30.0 Å². The van der Waals surface area contributed by atoms with Crippen LogP contribution in [0.5, 0.6) is 0 Å². The van der Waals surface area contributed by atoms with E-state index in [2.05, 4.69) is 30.5 Å². The van der Waals surface area contributed by atoms with Gasteiger partial charge in [-0.3, -0.25) is 14.0 Å². The van der Waals surface area contributed by atoms with Crippen molar-refractivity contribution in [3.63, 3.8) is 0 Å². The lowest BCUT2D eigenvalue weighted by Crippen LogP contribution is -2.40. The number of rotatable bonds is 3. The van der Waals surface area contributed by atoms with Gasteiger partial charge in [-0.05, 0) is 51.8 Å². The molecule has 158 valence electrons. The second kappa shape index (κ2) is 7.63. The Morgan fingerprint density at radius 1 is 1.20 bits per heavy atom. The maximum atomic E-state index is 13.1. The molecule has 0 aliphatic carbocycles. The van der Waals surface area contributed by atoms with Crippen molar-refractivity contribution in [1.82, 2.24) is 18.9 Å². The maximum Gasteiger partial charge on any atom is 0.254 e. The smallest absolute Gasteiger partial charge is 0.254 e. The first-order valence-electron chi connectivity index (χ1n) is 10.4. The second-order valence-electron chi connectivity index (χ2n) is 9.10. The van der Waals surface area contributed by atoms with Gasteiger partial charge in [0.15, 0.2) is 0 Å². The minimum Gasteiger partial charge on any atom is -0.365 e. The third-order valence-corrected chi connectivity index (χ3v) is 5.50. The van der Waals surface area contributed by atoms with Gasteiger partial charge < -0.3 is 14.8 Å². The monoisotopic (exact) mass is 407 g/mol. The van der Waals surface area contributed by atoms with Crippen molar-refractivity contribution in [2.75, 3.05) is 18.4 Å². The normalized spacial score (nSPS) is 17.3. The molecule has 1 aliphatic heterocycles. The number of imidazole rings is 1. The zero-order chi connectivity index (χ0) is 21.5. The Morgan fingerprint density at radius 2 is 2.00 bits per heavy atom. The number of hydrogen-bond acceptors (Lipinski definition) is 4. The number of piperidine rings is 1. The highest BCUT2D eigenvalue weighted by molar-refractivity contribution is 5.94. The summed E-state index contributed by atoms with van der Waals surface area (Å²) in [6.07, 6.45) is 5.54. The van der Waals surface area contributed by atoms with E-state index in [9.17, 15) is 9.59 Å². The van der Waals surface area contributed by atoms with Gasteiger partial charge in [0.1, 0.15) is 11.5 Å². The highest BCUT2D eigenvalue weighted by Crippen LogP contribution is 2.34. The van der Waals surface area contributed by atoms with Crippen LogP contribution < -0.4 is 10.9 Å².